The zero-order valence-electron chi connectivity index (χ0n) is 11.4. The van der Waals surface area contributed by atoms with E-state index in [1.165, 1.54) is 7.11 Å². The van der Waals surface area contributed by atoms with Crippen LogP contribution in [0, 0.1) is 0 Å². The van der Waals surface area contributed by atoms with Gasteiger partial charge in [0.05, 0.1) is 0 Å². The molecule has 0 spiro atoms. The number of oxazole rings is 1. The number of methoxy groups -OCH3 is 1. The molecule has 106 valence electrons. The minimum atomic E-state index is -0.459. The van der Waals surface area contributed by atoms with Gasteiger partial charge in [0.15, 0.2) is 5.58 Å². The van der Waals surface area contributed by atoms with E-state index in [0.717, 1.165) is 5.56 Å². The summed E-state index contributed by atoms with van der Waals surface area (Å²) in [5, 5.41) is 0. The van der Waals surface area contributed by atoms with Crippen molar-refractivity contribution in [3.8, 4) is 17.2 Å². The number of hydrogen-bond acceptors (Lipinski definition) is 5. The number of aromatic nitrogens is 1. The topological polar surface area (TPSA) is 61.6 Å². The highest BCUT2D eigenvalue weighted by Gasteiger charge is 2.10. The van der Waals surface area contributed by atoms with Crippen molar-refractivity contribution in [1.29, 1.82) is 0 Å². The maximum atomic E-state index is 11.4. The van der Waals surface area contributed by atoms with Gasteiger partial charge in [0.1, 0.15) is 17.9 Å². The van der Waals surface area contributed by atoms with Gasteiger partial charge >= 0.3 is 5.97 Å². The first-order chi connectivity index (χ1) is 10.3. The number of carbonyl (C=O) groups excluding carboxylic acids is 1. The summed E-state index contributed by atoms with van der Waals surface area (Å²) in [4.78, 5) is 15.8. The molecular formula is C16H13NO4. The van der Waals surface area contributed by atoms with E-state index < -0.39 is 5.97 Å². The van der Waals surface area contributed by atoms with Crippen LogP contribution in [0.4, 0.5) is 0 Å². The molecule has 0 saturated carbocycles. The van der Waals surface area contributed by atoms with Crippen molar-refractivity contribution in [2.45, 2.75) is 0 Å². The van der Waals surface area contributed by atoms with E-state index in [0.29, 0.717) is 22.7 Å². The normalized spacial score (nSPS) is 10.7. The Kier molecular flexibility index (Phi) is 3.66. The fraction of sp³-hybridized carbons (Fsp3) is 0.125. The number of fused-ring (bicyclic) bond motifs is 1. The summed E-state index contributed by atoms with van der Waals surface area (Å²) in [7, 11) is 1.44. The largest absolute Gasteiger partial charge is 0.436 e. The van der Waals surface area contributed by atoms with E-state index in [4.69, 9.17) is 13.9 Å². The lowest BCUT2D eigenvalue weighted by Crippen LogP contribution is -2.13. The van der Waals surface area contributed by atoms with E-state index in [1.54, 1.807) is 18.2 Å². The van der Waals surface area contributed by atoms with Gasteiger partial charge in [0.25, 0.3) is 0 Å². The molecule has 0 aliphatic rings. The lowest BCUT2D eigenvalue weighted by atomic mass is 10.2. The van der Waals surface area contributed by atoms with Gasteiger partial charge in [-0.25, -0.2) is 9.78 Å². The van der Waals surface area contributed by atoms with Crippen LogP contribution in [-0.2, 0) is 9.53 Å². The minimum Gasteiger partial charge on any atom is -0.436 e. The Balaban J connectivity index is 1.90. The zero-order valence-corrected chi connectivity index (χ0v) is 11.4. The summed E-state index contributed by atoms with van der Waals surface area (Å²) >= 11 is 0. The van der Waals surface area contributed by atoms with Crippen molar-refractivity contribution >= 4 is 17.1 Å². The predicted molar refractivity (Wildman–Crippen MR) is 77.0 cm³/mol. The van der Waals surface area contributed by atoms with Crippen LogP contribution in [-0.4, -0.2) is 24.7 Å². The predicted octanol–water partition coefficient (Wildman–Crippen LogP) is 3.05. The SMILES string of the molecule is COCC(=O)Oc1ccc2nc(-c3ccccc3)oc2c1. The lowest BCUT2D eigenvalue weighted by Gasteiger charge is -2.02. The van der Waals surface area contributed by atoms with Crippen LogP contribution in [0.25, 0.3) is 22.6 Å². The van der Waals surface area contributed by atoms with Crippen LogP contribution >= 0.6 is 0 Å². The molecule has 0 aliphatic carbocycles. The molecule has 0 N–H and O–H groups in total. The second kappa shape index (κ2) is 5.76. The number of rotatable bonds is 4. The van der Waals surface area contributed by atoms with Crippen molar-refractivity contribution in [1.82, 2.24) is 4.98 Å². The van der Waals surface area contributed by atoms with Gasteiger partial charge in [0, 0.05) is 18.7 Å². The summed E-state index contributed by atoms with van der Waals surface area (Å²) in [6, 6.07) is 14.7. The van der Waals surface area contributed by atoms with Crippen LogP contribution in [0.2, 0.25) is 0 Å². The quantitative estimate of drug-likeness (QED) is 0.544. The first-order valence-electron chi connectivity index (χ1n) is 6.42. The van der Waals surface area contributed by atoms with Crippen molar-refractivity contribution in [2.75, 3.05) is 13.7 Å². The van der Waals surface area contributed by atoms with Gasteiger partial charge in [0.2, 0.25) is 5.89 Å². The monoisotopic (exact) mass is 283 g/mol. The van der Waals surface area contributed by atoms with Crippen LogP contribution in [0.15, 0.2) is 52.9 Å². The van der Waals surface area contributed by atoms with Crippen LogP contribution in [0.3, 0.4) is 0 Å². The summed E-state index contributed by atoms with van der Waals surface area (Å²) in [5.74, 6) is 0.478. The molecule has 5 nitrogen and oxygen atoms in total. The highest BCUT2D eigenvalue weighted by atomic mass is 16.6. The second-order valence-electron chi connectivity index (χ2n) is 4.42. The minimum absolute atomic E-state index is 0.0935. The highest BCUT2D eigenvalue weighted by molar-refractivity contribution is 5.80. The standard InChI is InChI=1S/C16H13NO4/c1-19-10-15(18)20-12-7-8-13-14(9-12)21-16(17-13)11-5-3-2-4-6-11/h2-9H,10H2,1H3. The number of ether oxygens (including phenoxy) is 2. The summed E-state index contributed by atoms with van der Waals surface area (Å²) in [5.41, 5.74) is 2.17. The maximum absolute atomic E-state index is 11.4. The third-order valence-corrected chi connectivity index (χ3v) is 2.87. The van der Waals surface area contributed by atoms with E-state index in [1.807, 2.05) is 30.3 Å². The van der Waals surface area contributed by atoms with Crippen LogP contribution in [0.5, 0.6) is 5.75 Å². The highest BCUT2D eigenvalue weighted by Crippen LogP contribution is 2.26. The van der Waals surface area contributed by atoms with Gasteiger partial charge in [-0.1, -0.05) is 18.2 Å². The fourth-order valence-corrected chi connectivity index (χ4v) is 1.95. The Morgan fingerprint density at radius 1 is 1.19 bits per heavy atom. The maximum Gasteiger partial charge on any atom is 0.337 e. The zero-order chi connectivity index (χ0) is 14.7. The van der Waals surface area contributed by atoms with E-state index in [2.05, 4.69) is 4.98 Å². The molecule has 0 unspecified atom stereocenters. The molecule has 0 fully saturated rings. The van der Waals surface area contributed by atoms with Crippen molar-refractivity contribution in [3.63, 3.8) is 0 Å². The molecule has 0 radical (unpaired) electrons. The van der Waals surface area contributed by atoms with E-state index in [-0.39, 0.29) is 6.61 Å². The third-order valence-electron chi connectivity index (χ3n) is 2.87. The smallest absolute Gasteiger partial charge is 0.337 e. The van der Waals surface area contributed by atoms with Crippen molar-refractivity contribution in [2.24, 2.45) is 0 Å². The van der Waals surface area contributed by atoms with Crippen molar-refractivity contribution in [3.05, 3.63) is 48.5 Å². The molecule has 1 heterocycles. The van der Waals surface area contributed by atoms with Crippen LogP contribution < -0.4 is 4.74 Å². The molecule has 3 aromatic rings. The third kappa shape index (κ3) is 2.93. The molecule has 1 aromatic heterocycles. The Hall–Kier alpha value is -2.66. The van der Waals surface area contributed by atoms with Gasteiger partial charge in [-0.2, -0.15) is 0 Å². The second-order valence-corrected chi connectivity index (χ2v) is 4.42. The van der Waals surface area contributed by atoms with E-state index >= 15 is 0 Å². The number of hydrogen-bond donors (Lipinski definition) is 0. The molecule has 0 aliphatic heterocycles. The van der Waals surface area contributed by atoms with Gasteiger partial charge in [-0.15, -0.1) is 0 Å². The number of carbonyl (C=O) groups is 1. The molecule has 0 bridgehead atoms. The first-order valence-corrected chi connectivity index (χ1v) is 6.42. The number of nitrogens with zero attached hydrogens (tertiary/aromatic N) is 1. The molecule has 0 amide bonds. The molecule has 5 heteroatoms. The Bertz CT molecular complexity index is 764. The molecule has 21 heavy (non-hydrogen) atoms. The molecule has 2 aromatic carbocycles. The summed E-state index contributed by atoms with van der Waals surface area (Å²) < 4.78 is 15.5. The van der Waals surface area contributed by atoms with Gasteiger partial charge in [-0.05, 0) is 24.3 Å². The van der Waals surface area contributed by atoms with Gasteiger partial charge < -0.3 is 13.9 Å². The van der Waals surface area contributed by atoms with Gasteiger partial charge in [-0.3, -0.25) is 0 Å². The average molecular weight is 283 g/mol. The molecular weight excluding hydrogens is 270 g/mol. The Morgan fingerprint density at radius 3 is 2.76 bits per heavy atom. The van der Waals surface area contributed by atoms with Crippen molar-refractivity contribution < 1.29 is 18.7 Å². The summed E-state index contributed by atoms with van der Waals surface area (Å²) in [6.07, 6.45) is 0. The Morgan fingerprint density at radius 2 is 2.00 bits per heavy atom. The number of benzene rings is 2. The van der Waals surface area contributed by atoms with Crippen LogP contribution in [0.1, 0.15) is 0 Å². The van der Waals surface area contributed by atoms with E-state index in [9.17, 15) is 4.79 Å². The Labute approximate surface area is 121 Å². The fourth-order valence-electron chi connectivity index (χ4n) is 1.95. The number of esters is 1. The average Bonchev–Trinajstić information content (AvgIpc) is 2.91. The lowest BCUT2D eigenvalue weighted by molar-refractivity contribution is -0.138. The molecule has 0 atom stereocenters. The molecule has 0 saturated heterocycles. The summed E-state index contributed by atoms with van der Waals surface area (Å²) in [6.45, 7) is -0.0935. The first kappa shape index (κ1) is 13.3. The molecule has 3 rings (SSSR count).